The molecule has 156 valence electrons. The van der Waals surface area contributed by atoms with Gasteiger partial charge in [-0.05, 0) is 50.0 Å². The molecule has 2 saturated heterocycles. The van der Waals surface area contributed by atoms with Crippen LogP contribution in [0.25, 0.3) is 0 Å². The molecular weight excluding hydrogens is 475 g/mol. The van der Waals surface area contributed by atoms with Gasteiger partial charge in [0, 0.05) is 32.8 Å². The van der Waals surface area contributed by atoms with Crippen molar-refractivity contribution in [1.29, 1.82) is 0 Å². The quantitative estimate of drug-likeness (QED) is 0.346. The minimum Gasteiger partial charge on any atom is -0.375 e. The third-order valence-electron chi connectivity index (χ3n) is 5.81. The molecule has 0 aromatic heterocycles. The number of nitrogens with one attached hydrogen (secondary N) is 2. The second-order valence-corrected chi connectivity index (χ2v) is 9.28. The predicted octanol–water partition coefficient (Wildman–Crippen LogP) is 2.62. The number of thioether (sulfide) groups is 1. The fourth-order valence-corrected chi connectivity index (χ4v) is 5.36. The van der Waals surface area contributed by atoms with Crippen LogP contribution in [0.2, 0.25) is 0 Å². The average molecular weight is 510 g/mol. The van der Waals surface area contributed by atoms with E-state index in [1.165, 1.54) is 37.2 Å². The van der Waals surface area contributed by atoms with E-state index in [0.29, 0.717) is 12.1 Å². The summed E-state index contributed by atoms with van der Waals surface area (Å²) in [6, 6.07) is 0.851. The number of hydrogen-bond acceptors (Lipinski definition) is 4. The van der Waals surface area contributed by atoms with E-state index in [2.05, 4.69) is 15.6 Å². The fraction of sp³-hybridized carbons (Fsp3) is 0.895. The smallest absolute Gasteiger partial charge is 0.243 e. The number of rotatable bonds is 4. The molecule has 6 nitrogen and oxygen atoms in total. The number of carbonyl (C=O) groups is 1. The minimum absolute atomic E-state index is 0. The second-order valence-electron chi connectivity index (χ2n) is 8.06. The highest BCUT2D eigenvalue weighted by Crippen LogP contribution is 2.37. The molecule has 1 spiro atoms. The maximum atomic E-state index is 12.0. The Bertz CT molecular complexity index is 500. The Morgan fingerprint density at radius 3 is 2.48 bits per heavy atom. The first kappa shape index (κ1) is 23.1. The molecule has 0 radical (unpaired) electrons. The highest BCUT2D eigenvalue weighted by atomic mass is 127. The van der Waals surface area contributed by atoms with Crippen molar-refractivity contribution in [3.63, 3.8) is 0 Å². The molecular formula is C19H35IN4O2S. The van der Waals surface area contributed by atoms with E-state index in [4.69, 9.17) is 4.74 Å². The van der Waals surface area contributed by atoms with Crippen molar-refractivity contribution in [3.8, 4) is 0 Å². The van der Waals surface area contributed by atoms with Crippen molar-refractivity contribution in [1.82, 2.24) is 15.5 Å². The van der Waals surface area contributed by atoms with Crippen LogP contribution < -0.4 is 10.6 Å². The number of halogens is 1. The van der Waals surface area contributed by atoms with Gasteiger partial charge in [-0.1, -0.05) is 12.8 Å². The van der Waals surface area contributed by atoms with Crippen LogP contribution in [-0.4, -0.2) is 73.2 Å². The number of amides is 1. The van der Waals surface area contributed by atoms with Gasteiger partial charge in [-0.15, -0.1) is 24.0 Å². The van der Waals surface area contributed by atoms with Crippen molar-refractivity contribution in [2.45, 2.75) is 69.1 Å². The fourth-order valence-electron chi connectivity index (χ4n) is 4.12. The van der Waals surface area contributed by atoms with Crippen LogP contribution in [-0.2, 0) is 9.53 Å². The molecule has 2 aliphatic heterocycles. The number of carbonyl (C=O) groups excluding carboxylic acids is 1. The Balaban J connectivity index is 0.00000261. The van der Waals surface area contributed by atoms with E-state index in [0.717, 1.165) is 38.2 Å². The van der Waals surface area contributed by atoms with E-state index >= 15 is 0 Å². The van der Waals surface area contributed by atoms with E-state index < -0.39 is 0 Å². The lowest BCUT2D eigenvalue weighted by Gasteiger charge is -2.43. The van der Waals surface area contributed by atoms with Crippen LogP contribution >= 0.6 is 35.7 Å². The molecule has 3 aliphatic rings. The number of guanidine groups is 1. The summed E-state index contributed by atoms with van der Waals surface area (Å²) in [5.41, 5.74) is 0.0547. The highest BCUT2D eigenvalue weighted by molar-refractivity contribution is 14.0. The van der Waals surface area contributed by atoms with Gasteiger partial charge in [0.1, 0.15) is 6.54 Å². The van der Waals surface area contributed by atoms with E-state index in [1.54, 1.807) is 19.0 Å². The molecule has 1 amide bonds. The molecule has 2 heterocycles. The second kappa shape index (κ2) is 11.1. The third-order valence-corrected chi connectivity index (χ3v) is 6.79. The molecule has 2 N–H and O–H groups in total. The predicted molar refractivity (Wildman–Crippen MR) is 123 cm³/mol. The molecule has 27 heavy (non-hydrogen) atoms. The maximum Gasteiger partial charge on any atom is 0.243 e. The number of aliphatic imine (C=N–C) groups is 1. The lowest BCUT2D eigenvalue weighted by Crippen LogP contribution is -2.53. The zero-order valence-corrected chi connectivity index (χ0v) is 19.8. The molecule has 0 bridgehead atoms. The zero-order valence-electron chi connectivity index (χ0n) is 16.7. The monoisotopic (exact) mass is 510 g/mol. The highest BCUT2D eigenvalue weighted by Gasteiger charge is 2.39. The number of nitrogens with zero attached hydrogens (tertiary/aromatic N) is 2. The summed E-state index contributed by atoms with van der Waals surface area (Å²) < 4.78 is 6.21. The molecule has 1 aliphatic carbocycles. The normalized spacial score (nSPS) is 25.7. The van der Waals surface area contributed by atoms with Crippen molar-refractivity contribution >= 4 is 47.6 Å². The van der Waals surface area contributed by atoms with Gasteiger partial charge in [-0.25, -0.2) is 4.99 Å². The van der Waals surface area contributed by atoms with E-state index in [9.17, 15) is 4.79 Å². The first-order chi connectivity index (χ1) is 12.6. The van der Waals surface area contributed by atoms with Crippen LogP contribution in [0.4, 0.5) is 0 Å². The summed E-state index contributed by atoms with van der Waals surface area (Å²) in [4.78, 5) is 18.2. The average Bonchev–Trinajstić information content (AvgIpc) is 3.13. The topological polar surface area (TPSA) is 66.0 Å². The summed E-state index contributed by atoms with van der Waals surface area (Å²) in [5.74, 6) is 3.24. The van der Waals surface area contributed by atoms with Gasteiger partial charge >= 0.3 is 0 Å². The van der Waals surface area contributed by atoms with E-state index in [-0.39, 0.29) is 42.0 Å². The minimum atomic E-state index is 0. The summed E-state index contributed by atoms with van der Waals surface area (Å²) in [7, 11) is 3.55. The molecule has 1 saturated carbocycles. The largest absolute Gasteiger partial charge is 0.375 e. The van der Waals surface area contributed by atoms with Gasteiger partial charge < -0.3 is 20.3 Å². The van der Waals surface area contributed by atoms with Crippen LogP contribution in [0.5, 0.6) is 0 Å². The van der Waals surface area contributed by atoms with Crippen molar-refractivity contribution in [2.24, 2.45) is 4.99 Å². The Labute approximate surface area is 185 Å². The summed E-state index contributed by atoms with van der Waals surface area (Å²) in [5, 5.41) is 7.20. The summed E-state index contributed by atoms with van der Waals surface area (Å²) in [6.45, 7) is 1.01. The van der Waals surface area contributed by atoms with Crippen LogP contribution in [0.15, 0.2) is 4.99 Å². The Morgan fingerprint density at radius 2 is 1.81 bits per heavy atom. The molecule has 8 heteroatoms. The van der Waals surface area contributed by atoms with Crippen molar-refractivity contribution in [3.05, 3.63) is 0 Å². The zero-order chi connectivity index (χ0) is 18.4. The van der Waals surface area contributed by atoms with Crippen molar-refractivity contribution < 1.29 is 9.53 Å². The van der Waals surface area contributed by atoms with Gasteiger partial charge in [0.05, 0.1) is 5.60 Å². The van der Waals surface area contributed by atoms with Crippen LogP contribution in [0, 0.1) is 0 Å². The summed E-state index contributed by atoms with van der Waals surface area (Å²) >= 11 is 2.03. The van der Waals surface area contributed by atoms with Gasteiger partial charge in [0.2, 0.25) is 5.91 Å². The molecule has 3 rings (SSSR count). The summed E-state index contributed by atoms with van der Waals surface area (Å²) in [6.07, 6.45) is 9.28. The van der Waals surface area contributed by atoms with Gasteiger partial charge in [-0.3, -0.25) is 4.79 Å². The SMILES string of the molecule is CN(C)C(=O)CN=C(NC1CCCC1)NC1CCOC2(CCSCC2)C1.I. The Kier molecular flexibility index (Phi) is 9.47. The molecule has 1 atom stereocenters. The molecule has 3 fully saturated rings. The Morgan fingerprint density at radius 1 is 1.15 bits per heavy atom. The van der Waals surface area contributed by atoms with Crippen LogP contribution in [0.1, 0.15) is 51.4 Å². The van der Waals surface area contributed by atoms with E-state index in [1.807, 2.05) is 11.8 Å². The van der Waals surface area contributed by atoms with Crippen LogP contribution in [0.3, 0.4) is 0 Å². The number of likely N-dealkylation sites (N-methyl/N-ethyl adjacent to an activating group) is 1. The first-order valence-corrected chi connectivity index (χ1v) is 11.2. The number of hydrogen-bond donors (Lipinski definition) is 2. The van der Waals surface area contributed by atoms with Crippen molar-refractivity contribution in [2.75, 3.05) is 38.8 Å². The van der Waals surface area contributed by atoms with Gasteiger partial charge in [-0.2, -0.15) is 11.8 Å². The Hall–Kier alpha value is -0.220. The van der Waals surface area contributed by atoms with Gasteiger partial charge in [0.25, 0.3) is 0 Å². The molecule has 1 unspecified atom stereocenters. The molecule has 0 aromatic carbocycles. The lowest BCUT2D eigenvalue weighted by atomic mass is 9.85. The number of ether oxygens (including phenoxy) is 1. The standard InChI is InChI=1S/C19H34N4O2S.HI/c1-23(2)17(24)14-20-18(21-15-5-3-4-6-15)22-16-7-10-25-19(13-16)8-11-26-12-9-19;/h15-16H,3-14H2,1-2H3,(H2,20,21,22);1H. The van der Waals surface area contributed by atoms with Gasteiger partial charge in [0.15, 0.2) is 5.96 Å². The maximum absolute atomic E-state index is 12.0. The first-order valence-electron chi connectivity index (χ1n) is 10.1. The lowest BCUT2D eigenvalue weighted by molar-refractivity contribution is -0.127. The molecule has 0 aromatic rings. The third kappa shape index (κ3) is 6.96.